The molecular formula is C21H34INO6Si. The highest BCUT2D eigenvalue weighted by Gasteiger charge is 2.50. The van der Waals surface area contributed by atoms with E-state index in [1.807, 2.05) is 30.3 Å². The Labute approximate surface area is 194 Å². The lowest BCUT2D eigenvalue weighted by molar-refractivity contribution is -0.246. The molecule has 0 radical (unpaired) electrons. The number of methoxy groups -OCH3 is 1. The van der Waals surface area contributed by atoms with Crippen LogP contribution in [0.2, 0.25) is 18.1 Å². The number of aliphatic hydroxyl groups excluding tert-OH is 1. The van der Waals surface area contributed by atoms with Gasteiger partial charge in [-0.05, 0) is 23.7 Å². The third-order valence-corrected chi connectivity index (χ3v) is 11.1. The molecular weight excluding hydrogens is 517 g/mol. The number of nitrogens with one attached hydrogen (secondary N) is 1. The summed E-state index contributed by atoms with van der Waals surface area (Å²) in [5, 5.41) is 13.7. The van der Waals surface area contributed by atoms with Crippen molar-refractivity contribution < 1.29 is 28.5 Å². The van der Waals surface area contributed by atoms with Crippen LogP contribution in [0.5, 0.6) is 0 Å². The van der Waals surface area contributed by atoms with Gasteiger partial charge in [0.1, 0.15) is 18.8 Å². The second-order valence-electron chi connectivity index (χ2n) is 9.00. The van der Waals surface area contributed by atoms with Gasteiger partial charge in [0.2, 0.25) is 0 Å². The first kappa shape index (κ1) is 25.5. The number of carbonyl (C=O) groups is 1. The van der Waals surface area contributed by atoms with Crippen molar-refractivity contribution in [2.45, 2.75) is 76.2 Å². The molecule has 0 unspecified atom stereocenters. The molecule has 7 nitrogen and oxygen atoms in total. The maximum atomic E-state index is 12.5. The summed E-state index contributed by atoms with van der Waals surface area (Å²) in [6, 6.07) is 8.73. The third kappa shape index (κ3) is 6.39. The summed E-state index contributed by atoms with van der Waals surface area (Å²) >= 11 is 2.17. The molecule has 1 aliphatic heterocycles. The summed E-state index contributed by atoms with van der Waals surface area (Å²) in [5.41, 5.74) is 0.884. The Morgan fingerprint density at radius 1 is 1.27 bits per heavy atom. The highest BCUT2D eigenvalue weighted by molar-refractivity contribution is 14.1. The third-order valence-electron chi connectivity index (χ3n) is 5.79. The van der Waals surface area contributed by atoms with Crippen LogP contribution >= 0.6 is 22.6 Å². The van der Waals surface area contributed by atoms with Crippen molar-refractivity contribution in [3.8, 4) is 0 Å². The molecule has 0 saturated carbocycles. The van der Waals surface area contributed by atoms with E-state index in [1.165, 1.54) is 7.11 Å². The molecule has 1 amide bonds. The van der Waals surface area contributed by atoms with Crippen LogP contribution < -0.4 is 5.32 Å². The van der Waals surface area contributed by atoms with Crippen molar-refractivity contribution in [2.24, 2.45) is 0 Å². The normalized spacial score (nSPS) is 27.5. The summed E-state index contributed by atoms with van der Waals surface area (Å²) in [4.78, 5) is 12.5. The van der Waals surface area contributed by atoms with E-state index in [1.54, 1.807) is 0 Å². The van der Waals surface area contributed by atoms with Gasteiger partial charge in [0.05, 0.1) is 12.2 Å². The Morgan fingerprint density at radius 2 is 1.90 bits per heavy atom. The Morgan fingerprint density at radius 3 is 2.43 bits per heavy atom. The lowest BCUT2D eigenvalue weighted by atomic mass is 9.98. The molecule has 1 aliphatic rings. The molecule has 1 aromatic carbocycles. The first-order valence-corrected chi connectivity index (χ1v) is 14.5. The standard InChI is InChI=1S/C21H34INO6Si/c1-21(2,3)30(5,6)29-18-16(19(26-4)28-15(12-22)17(18)24)23-20(25)27-13-14-10-8-7-9-11-14/h7-11,15-19,24H,12-13H2,1-6H3,(H,23,25)/t15-,16-,17-,18-,19+/m1/s1. The number of carbonyl (C=O) groups excluding carboxylic acids is 1. The molecule has 1 saturated heterocycles. The number of alkyl carbamates (subject to hydrolysis) is 1. The van der Waals surface area contributed by atoms with E-state index < -0.39 is 45.1 Å². The van der Waals surface area contributed by atoms with Gasteiger partial charge in [-0.15, -0.1) is 0 Å². The second-order valence-corrected chi connectivity index (χ2v) is 14.6. The van der Waals surface area contributed by atoms with E-state index in [-0.39, 0.29) is 11.6 Å². The van der Waals surface area contributed by atoms with Gasteiger partial charge >= 0.3 is 6.09 Å². The van der Waals surface area contributed by atoms with Gasteiger partial charge < -0.3 is 29.1 Å². The number of alkyl halides is 1. The van der Waals surface area contributed by atoms with Crippen LogP contribution in [-0.2, 0) is 25.2 Å². The quantitative estimate of drug-likeness (QED) is 0.305. The van der Waals surface area contributed by atoms with E-state index in [9.17, 15) is 9.90 Å². The predicted octanol–water partition coefficient (Wildman–Crippen LogP) is 3.84. The van der Waals surface area contributed by atoms with Crippen LogP contribution in [0.4, 0.5) is 4.79 Å². The molecule has 0 aliphatic carbocycles. The fourth-order valence-corrected chi connectivity index (χ4v) is 5.01. The van der Waals surface area contributed by atoms with Gasteiger partial charge in [0, 0.05) is 11.5 Å². The summed E-state index contributed by atoms with van der Waals surface area (Å²) in [5.74, 6) is 0. The zero-order valence-corrected chi connectivity index (χ0v) is 21.7. The van der Waals surface area contributed by atoms with E-state index >= 15 is 0 Å². The van der Waals surface area contributed by atoms with Gasteiger partial charge in [-0.2, -0.15) is 0 Å². The summed E-state index contributed by atoms with van der Waals surface area (Å²) in [7, 11) is -0.735. The first-order chi connectivity index (χ1) is 14.0. The van der Waals surface area contributed by atoms with Crippen molar-refractivity contribution in [3.05, 3.63) is 35.9 Å². The van der Waals surface area contributed by atoms with Crippen LogP contribution in [0, 0.1) is 0 Å². The Bertz CT molecular complexity index is 684. The van der Waals surface area contributed by atoms with Gasteiger partial charge in [0.15, 0.2) is 14.6 Å². The van der Waals surface area contributed by atoms with Crippen molar-refractivity contribution in [3.63, 3.8) is 0 Å². The molecule has 1 aromatic rings. The zero-order chi connectivity index (χ0) is 22.5. The number of hydrogen-bond acceptors (Lipinski definition) is 6. The molecule has 9 heteroatoms. The molecule has 1 heterocycles. The molecule has 0 aromatic heterocycles. The fourth-order valence-electron chi connectivity index (χ4n) is 2.96. The fraction of sp³-hybridized carbons (Fsp3) is 0.667. The Hall–Kier alpha value is -0.723. The lowest BCUT2D eigenvalue weighted by Gasteiger charge is -2.48. The number of amides is 1. The highest BCUT2D eigenvalue weighted by atomic mass is 127. The minimum Gasteiger partial charge on any atom is -0.445 e. The van der Waals surface area contributed by atoms with E-state index in [0.717, 1.165) is 5.56 Å². The van der Waals surface area contributed by atoms with Crippen LogP contribution in [0.3, 0.4) is 0 Å². The van der Waals surface area contributed by atoms with Crippen molar-refractivity contribution >= 4 is 37.0 Å². The molecule has 0 spiro atoms. The molecule has 5 atom stereocenters. The first-order valence-electron chi connectivity index (χ1n) is 10.1. The average molecular weight is 551 g/mol. The summed E-state index contributed by atoms with van der Waals surface area (Å²) in [6.07, 6.45) is -3.40. The SMILES string of the molecule is CO[C@H]1O[C@H](CI)[C@@H](O)[C@H](O[Si](C)(C)C(C)(C)C)[C@H]1NC(=O)OCc1ccccc1. The van der Waals surface area contributed by atoms with Gasteiger partial charge in [-0.1, -0.05) is 73.7 Å². The predicted molar refractivity (Wildman–Crippen MR) is 126 cm³/mol. The topological polar surface area (TPSA) is 86.3 Å². The van der Waals surface area contributed by atoms with E-state index in [0.29, 0.717) is 4.43 Å². The number of aliphatic hydroxyl groups is 1. The van der Waals surface area contributed by atoms with Crippen LogP contribution in [0.1, 0.15) is 26.3 Å². The number of benzene rings is 1. The maximum absolute atomic E-state index is 12.5. The maximum Gasteiger partial charge on any atom is 0.407 e. The Kier molecular flexibility index (Phi) is 9.14. The average Bonchev–Trinajstić information content (AvgIpc) is 2.69. The van der Waals surface area contributed by atoms with Gasteiger partial charge in [-0.25, -0.2) is 4.79 Å². The number of ether oxygens (including phenoxy) is 3. The minimum absolute atomic E-state index is 0.0637. The molecule has 170 valence electrons. The zero-order valence-electron chi connectivity index (χ0n) is 18.6. The molecule has 2 rings (SSSR count). The monoisotopic (exact) mass is 551 g/mol. The molecule has 0 bridgehead atoms. The molecule has 2 N–H and O–H groups in total. The van der Waals surface area contributed by atoms with Crippen molar-refractivity contribution in [2.75, 3.05) is 11.5 Å². The van der Waals surface area contributed by atoms with Crippen LogP contribution in [0.25, 0.3) is 0 Å². The Balaban J connectivity index is 2.18. The highest BCUT2D eigenvalue weighted by Crippen LogP contribution is 2.39. The van der Waals surface area contributed by atoms with Crippen molar-refractivity contribution in [1.82, 2.24) is 5.32 Å². The van der Waals surface area contributed by atoms with E-state index in [4.69, 9.17) is 18.6 Å². The number of halogens is 1. The van der Waals surface area contributed by atoms with Gasteiger partial charge in [-0.3, -0.25) is 0 Å². The summed E-state index contributed by atoms with van der Waals surface area (Å²) < 4.78 is 23.9. The smallest absolute Gasteiger partial charge is 0.407 e. The van der Waals surface area contributed by atoms with Crippen LogP contribution in [-0.4, -0.2) is 61.7 Å². The number of rotatable bonds is 7. The van der Waals surface area contributed by atoms with Gasteiger partial charge in [0.25, 0.3) is 0 Å². The number of hydrogen-bond donors (Lipinski definition) is 2. The largest absolute Gasteiger partial charge is 0.445 e. The summed E-state index contributed by atoms with van der Waals surface area (Å²) in [6.45, 7) is 10.8. The van der Waals surface area contributed by atoms with E-state index in [2.05, 4.69) is 61.8 Å². The van der Waals surface area contributed by atoms with Crippen molar-refractivity contribution in [1.29, 1.82) is 0 Å². The second kappa shape index (κ2) is 10.7. The molecule has 1 fully saturated rings. The van der Waals surface area contributed by atoms with Crippen LogP contribution in [0.15, 0.2) is 30.3 Å². The lowest BCUT2D eigenvalue weighted by Crippen LogP contribution is -2.67. The molecule has 30 heavy (non-hydrogen) atoms. The minimum atomic E-state index is -2.25.